The zero-order valence-electron chi connectivity index (χ0n) is 16.6. The van der Waals surface area contributed by atoms with Crippen LogP contribution in [0.15, 0.2) is 61.2 Å². The van der Waals surface area contributed by atoms with Crippen LogP contribution in [0.5, 0.6) is 11.6 Å². The third kappa shape index (κ3) is 3.86. The number of nitrogens with zero attached hydrogens (tertiary/aromatic N) is 5. The second kappa shape index (κ2) is 7.63. The number of hydrogen-bond acceptors (Lipinski definition) is 5. The number of benzene rings is 1. The van der Waals surface area contributed by atoms with Gasteiger partial charge in [-0.15, -0.1) is 0 Å². The molecular weight excluding hydrogens is 423 g/mol. The van der Waals surface area contributed by atoms with E-state index in [1.54, 1.807) is 47.8 Å². The summed E-state index contributed by atoms with van der Waals surface area (Å²) in [5.41, 5.74) is 1.07. The fourth-order valence-corrected chi connectivity index (χ4v) is 3.53. The van der Waals surface area contributed by atoms with Gasteiger partial charge in [0.25, 0.3) is 5.91 Å². The summed E-state index contributed by atoms with van der Waals surface area (Å²) in [6.07, 6.45) is -0.223. The largest absolute Gasteiger partial charge is 0.439 e. The van der Waals surface area contributed by atoms with Crippen LogP contribution in [0.1, 0.15) is 21.7 Å². The van der Waals surface area contributed by atoms with Crippen LogP contribution in [0.2, 0.25) is 0 Å². The Morgan fingerprint density at radius 2 is 1.91 bits per heavy atom. The van der Waals surface area contributed by atoms with Gasteiger partial charge in [-0.3, -0.25) is 4.79 Å². The third-order valence-electron chi connectivity index (χ3n) is 5.22. The lowest BCUT2D eigenvalue weighted by atomic mass is 10.1. The quantitative estimate of drug-likeness (QED) is 0.476. The number of pyridine rings is 2. The van der Waals surface area contributed by atoms with Gasteiger partial charge in [0.15, 0.2) is 0 Å². The molecule has 0 bridgehead atoms. The van der Waals surface area contributed by atoms with Crippen LogP contribution in [-0.4, -0.2) is 36.9 Å². The van der Waals surface area contributed by atoms with Gasteiger partial charge in [0, 0.05) is 36.9 Å². The number of carbonyl (C=O) groups is 1. The lowest BCUT2D eigenvalue weighted by molar-refractivity contribution is -0.137. The molecule has 5 rings (SSSR count). The Morgan fingerprint density at radius 3 is 2.69 bits per heavy atom. The highest BCUT2D eigenvalue weighted by Gasteiger charge is 2.30. The van der Waals surface area contributed by atoms with Crippen LogP contribution in [0.3, 0.4) is 0 Å². The molecule has 0 N–H and O–H groups in total. The van der Waals surface area contributed by atoms with Gasteiger partial charge in [-0.05, 0) is 30.3 Å². The van der Waals surface area contributed by atoms with E-state index in [0.29, 0.717) is 36.6 Å². The van der Waals surface area contributed by atoms with Crippen LogP contribution < -0.4 is 4.74 Å². The smallest absolute Gasteiger partial charge is 0.417 e. The fourth-order valence-electron chi connectivity index (χ4n) is 3.53. The molecule has 32 heavy (non-hydrogen) atoms. The van der Waals surface area contributed by atoms with Gasteiger partial charge in [-0.2, -0.15) is 13.2 Å². The van der Waals surface area contributed by atoms with Gasteiger partial charge in [-0.1, -0.05) is 6.07 Å². The summed E-state index contributed by atoms with van der Waals surface area (Å²) in [5, 5.41) is 0.725. The minimum atomic E-state index is -4.45. The second-order valence-corrected chi connectivity index (χ2v) is 7.34. The molecule has 3 aromatic heterocycles. The van der Waals surface area contributed by atoms with E-state index >= 15 is 0 Å². The predicted octanol–water partition coefficient (Wildman–Crippen LogP) is 4.29. The van der Waals surface area contributed by atoms with Crippen LogP contribution in [0, 0.1) is 0 Å². The maximum absolute atomic E-state index is 12.9. The lowest BCUT2D eigenvalue weighted by Crippen LogP contribution is -2.38. The molecule has 0 unspecified atom stereocenters. The van der Waals surface area contributed by atoms with Crippen LogP contribution in [0.25, 0.3) is 10.9 Å². The maximum atomic E-state index is 12.9. The first-order chi connectivity index (χ1) is 15.4. The number of hydrogen-bond donors (Lipinski definition) is 0. The molecule has 0 saturated heterocycles. The van der Waals surface area contributed by atoms with Crippen molar-refractivity contribution < 1.29 is 22.7 Å². The van der Waals surface area contributed by atoms with Crippen molar-refractivity contribution in [2.45, 2.75) is 19.3 Å². The van der Waals surface area contributed by atoms with E-state index < -0.39 is 11.7 Å². The summed E-state index contributed by atoms with van der Waals surface area (Å²) < 4.78 is 45.6. The number of imidazole rings is 1. The summed E-state index contributed by atoms with van der Waals surface area (Å²) in [6.45, 7) is 1.74. The van der Waals surface area contributed by atoms with Crippen molar-refractivity contribution in [1.82, 2.24) is 24.4 Å². The SMILES string of the molecule is O=C(c1ccc2cc(Oc3ccc(C(F)(F)F)cn3)ccc2n1)N1CCn2cncc2C1. The molecule has 0 saturated carbocycles. The highest BCUT2D eigenvalue weighted by molar-refractivity contribution is 5.95. The highest BCUT2D eigenvalue weighted by Crippen LogP contribution is 2.30. The molecule has 4 heterocycles. The van der Waals surface area contributed by atoms with Crippen molar-refractivity contribution in [3.05, 3.63) is 78.1 Å². The Morgan fingerprint density at radius 1 is 1.03 bits per heavy atom. The Hall–Kier alpha value is -3.95. The Kier molecular flexibility index (Phi) is 4.76. The molecule has 7 nitrogen and oxygen atoms in total. The molecule has 0 spiro atoms. The van der Waals surface area contributed by atoms with Gasteiger partial charge < -0.3 is 14.2 Å². The summed E-state index contributed by atoms with van der Waals surface area (Å²) in [6, 6.07) is 10.5. The van der Waals surface area contributed by atoms with Gasteiger partial charge in [-0.25, -0.2) is 15.0 Å². The average molecular weight is 439 g/mol. The third-order valence-corrected chi connectivity index (χ3v) is 5.22. The van der Waals surface area contributed by atoms with E-state index in [0.717, 1.165) is 29.4 Å². The van der Waals surface area contributed by atoms with E-state index in [1.807, 2.05) is 4.57 Å². The Bertz CT molecular complexity index is 1300. The molecule has 0 fully saturated rings. The molecule has 162 valence electrons. The number of carbonyl (C=O) groups excluding carboxylic acids is 1. The molecule has 1 amide bonds. The van der Waals surface area contributed by atoms with Crippen molar-refractivity contribution in [3.63, 3.8) is 0 Å². The number of aromatic nitrogens is 4. The van der Waals surface area contributed by atoms with Crippen molar-refractivity contribution in [2.75, 3.05) is 6.54 Å². The molecule has 0 atom stereocenters. The van der Waals surface area contributed by atoms with E-state index in [2.05, 4.69) is 15.0 Å². The Labute approximate surface area is 180 Å². The Balaban J connectivity index is 1.33. The average Bonchev–Trinajstić information content (AvgIpc) is 3.26. The molecule has 10 heteroatoms. The van der Waals surface area contributed by atoms with E-state index in [1.165, 1.54) is 0 Å². The fraction of sp³-hybridized carbons (Fsp3) is 0.182. The topological polar surface area (TPSA) is 73.1 Å². The minimum Gasteiger partial charge on any atom is -0.439 e. The first-order valence-corrected chi connectivity index (χ1v) is 9.77. The maximum Gasteiger partial charge on any atom is 0.417 e. The first kappa shape index (κ1) is 20.0. The lowest BCUT2D eigenvalue weighted by Gasteiger charge is -2.27. The standard InChI is InChI=1S/C22H16F3N5O2/c23-22(24,25)15-2-6-20(27-10-15)32-17-3-5-18-14(9-17)1-4-19(28-18)21(31)29-7-8-30-13-26-11-16(30)12-29/h1-6,9-11,13H,7-8,12H2. The number of alkyl halides is 3. The minimum absolute atomic E-state index is 0.0430. The first-order valence-electron chi connectivity index (χ1n) is 9.77. The van der Waals surface area contributed by atoms with Crippen molar-refractivity contribution >= 4 is 16.8 Å². The summed E-state index contributed by atoms with van der Waals surface area (Å²) >= 11 is 0. The molecule has 0 radical (unpaired) electrons. The van der Waals surface area contributed by atoms with E-state index in [4.69, 9.17) is 4.74 Å². The molecule has 0 aliphatic carbocycles. The van der Waals surface area contributed by atoms with Gasteiger partial charge in [0.05, 0.1) is 29.6 Å². The van der Waals surface area contributed by atoms with Crippen molar-refractivity contribution in [1.29, 1.82) is 0 Å². The van der Waals surface area contributed by atoms with Gasteiger partial charge >= 0.3 is 6.18 Å². The van der Waals surface area contributed by atoms with Gasteiger partial charge in [0.2, 0.25) is 5.88 Å². The molecule has 4 aromatic rings. The van der Waals surface area contributed by atoms with Crippen LogP contribution in [0.4, 0.5) is 13.2 Å². The predicted molar refractivity (Wildman–Crippen MR) is 108 cm³/mol. The zero-order valence-corrected chi connectivity index (χ0v) is 16.6. The zero-order chi connectivity index (χ0) is 22.3. The van der Waals surface area contributed by atoms with Crippen molar-refractivity contribution in [2.24, 2.45) is 0 Å². The number of ether oxygens (including phenoxy) is 1. The highest BCUT2D eigenvalue weighted by atomic mass is 19.4. The number of fused-ring (bicyclic) bond motifs is 2. The van der Waals surface area contributed by atoms with Crippen LogP contribution >= 0.6 is 0 Å². The van der Waals surface area contributed by atoms with E-state index in [9.17, 15) is 18.0 Å². The van der Waals surface area contributed by atoms with Crippen molar-refractivity contribution in [3.8, 4) is 11.6 Å². The molecular formula is C22H16F3N5O2. The number of halogens is 3. The molecule has 1 aliphatic heterocycles. The van der Waals surface area contributed by atoms with Gasteiger partial charge in [0.1, 0.15) is 11.4 Å². The monoisotopic (exact) mass is 439 g/mol. The second-order valence-electron chi connectivity index (χ2n) is 7.34. The number of rotatable bonds is 3. The number of amides is 1. The molecule has 1 aliphatic rings. The summed E-state index contributed by atoms with van der Waals surface area (Å²) in [5.74, 6) is 0.282. The summed E-state index contributed by atoms with van der Waals surface area (Å²) in [7, 11) is 0. The summed E-state index contributed by atoms with van der Waals surface area (Å²) in [4.78, 5) is 26.9. The van der Waals surface area contributed by atoms with E-state index in [-0.39, 0.29) is 11.8 Å². The normalized spacial score (nSPS) is 13.8. The molecule has 1 aromatic carbocycles. The van der Waals surface area contributed by atoms with Crippen LogP contribution in [-0.2, 0) is 19.3 Å².